The smallest absolute Gasteiger partial charge is 0.175 e. The van der Waals surface area contributed by atoms with Crippen LogP contribution in [0.15, 0.2) is 53.7 Å². The first-order chi connectivity index (χ1) is 11.3. The molecule has 1 heterocycles. The van der Waals surface area contributed by atoms with Crippen LogP contribution in [0.1, 0.15) is 11.1 Å². The zero-order valence-corrected chi connectivity index (χ0v) is 14.7. The Morgan fingerprint density at radius 2 is 1.75 bits per heavy atom. The summed E-state index contributed by atoms with van der Waals surface area (Å²) in [6, 6.07) is 13.2. The Kier molecular flexibility index (Phi) is 4.24. The van der Waals surface area contributed by atoms with Crippen LogP contribution in [-0.2, 0) is 16.4 Å². The van der Waals surface area contributed by atoms with Gasteiger partial charge in [0.05, 0.1) is 10.4 Å². The molecule has 0 spiro atoms. The van der Waals surface area contributed by atoms with E-state index in [1.54, 1.807) is 18.2 Å². The lowest BCUT2D eigenvalue weighted by molar-refractivity contribution is 0.602. The molecule has 3 aromatic rings. The molecule has 1 aromatic heterocycles. The Labute approximate surface area is 141 Å². The van der Waals surface area contributed by atoms with Crippen molar-refractivity contribution in [1.29, 1.82) is 0 Å². The molecule has 0 N–H and O–H groups in total. The number of hydrogen-bond donors (Lipinski definition) is 0. The van der Waals surface area contributed by atoms with E-state index in [-0.39, 0.29) is 4.90 Å². The number of rotatable bonds is 4. The van der Waals surface area contributed by atoms with Crippen LogP contribution in [0.2, 0.25) is 0 Å². The molecule has 0 atom stereocenters. The third kappa shape index (κ3) is 3.38. The van der Waals surface area contributed by atoms with Gasteiger partial charge in [0.2, 0.25) is 0 Å². The predicted octanol–water partition coefficient (Wildman–Crippen LogP) is 2.98. The molecule has 24 heavy (non-hydrogen) atoms. The second kappa shape index (κ2) is 6.20. The van der Waals surface area contributed by atoms with Crippen molar-refractivity contribution in [2.45, 2.75) is 18.4 Å². The molecule has 5 nitrogen and oxygen atoms in total. The van der Waals surface area contributed by atoms with E-state index in [9.17, 15) is 8.42 Å². The lowest BCUT2D eigenvalue weighted by Gasteiger charge is -2.20. The topological polar surface area (TPSA) is 63.2 Å². The van der Waals surface area contributed by atoms with Crippen molar-refractivity contribution >= 4 is 26.6 Å². The lowest BCUT2D eigenvalue weighted by atomic mass is 10.1. The predicted molar refractivity (Wildman–Crippen MR) is 95.9 cm³/mol. The van der Waals surface area contributed by atoms with Crippen molar-refractivity contribution in [2.75, 3.05) is 18.2 Å². The summed E-state index contributed by atoms with van der Waals surface area (Å²) in [5.74, 6) is 0.714. The van der Waals surface area contributed by atoms with Crippen LogP contribution in [-0.4, -0.2) is 31.7 Å². The number of fused-ring (bicyclic) bond motifs is 1. The molecule has 2 aromatic carbocycles. The maximum absolute atomic E-state index is 11.8. The molecule has 3 rings (SSSR count). The van der Waals surface area contributed by atoms with Crippen LogP contribution in [0.5, 0.6) is 0 Å². The minimum Gasteiger partial charge on any atom is -0.355 e. The first-order valence-corrected chi connectivity index (χ1v) is 9.45. The molecule has 0 aliphatic heterocycles. The van der Waals surface area contributed by atoms with Crippen molar-refractivity contribution in [1.82, 2.24) is 9.97 Å². The largest absolute Gasteiger partial charge is 0.355 e. The lowest BCUT2D eigenvalue weighted by Crippen LogP contribution is -2.18. The Hall–Kier alpha value is -2.47. The molecule has 0 aliphatic carbocycles. The monoisotopic (exact) mass is 341 g/mol. The van der Waals surface area contributed by atoms with Gasteiger partial charge in [-0.15, -0.1) is 0 Å². The van der Waals surface area contributed by atoms with Crippen LogP contribution >= 0.6 is 0 Å². The number of anilines is 1. The van der Waals surface area contributed by atoms with Crippen LogP contribution in [0, 0.1) is 6.92 Å². The molecule has 0 aliphatic rings. The first-order valence-electron chi connectivity index (χ1n) is 7.56. The molecule has 0 amide bonds. The quantitative estimate of drug-likeness (QED) is 0.730. The molecule has 6 heteroatoms. The molecular weight excluding hydrogens is 322 g/mol. The summed E-state index contributed by atoms with van der Waals surface area (Å²) in [5.41, 5.74) is 3.10. The van der Waals surface area contributed by atoms with E-state index in [1.165, 1.54) is 18.1 Å². The summed E-state index contributed by atoms with van der Waals surface area (Å²) in [6.45, 7) is 2.73. The highest BCUT2D eigenvalue weighted by Crippen LogP contribution is 2.26. The van der Waals surface area contributed by atoms with Crippen molar-refractivity contribution < 1.29 is 8.42 Å². The number of aromatic nitrogens is 2. The Balaban J connectivity index is 2.02. The van der Waals surface area contributed by atoms with Crippen LogP contribution in [0.25, 0.3) is 10.9 Å². The third-order valence-electron chi connectivity index (χ3n) is 3.92. The molecule has 0 saturated carbocycles. The van der Waals surface area contributed by atoms with Gasteiger partial charge in [-0.1, -0.05) is 29.8 Å². The molecular formula is C18H19N3O2S. The minimum absolute atomic E-state index is 0.273. The van der Waals surface area contributed by atoms with Crippen molar-refractivity contribution in [3.63, 3.8) is 0 Å². The molecule has 0 bridgehead atoms. The normalized spacial score (nSPS) is 11.6. The Bertz CT molecular complexity index is 983. The van der Waals surface area contributed by atoms with Crippen molar-refractivity contribution in [3.05, 3.63) is 59.9 Å². The van der Waals surface area contributed by atoms with E-state index >= 15 is 0 Å². The fraction of sp³-hybridized carbons (Fsp3) is 0.222. The number of aryl methyl sites for hydroxylation is 1. The summed E-state index contributed by atoms with van der Waals surface area (Å²) in [7, 11) is -1.34. The summed E-state index contributed by atoms with van der Waals surface area (Å²) in [4.78, 5) is 10.9. The van der Waals surface area contributed by atoms with Gasteiger partial charge in [0.25, 0.3) is 0 Å². The van der Waals surface area contributed by atoms with Crippen LogP contribution in [0.3, 0.4) is 0 Å². The van der Waals surface area contributed by atoms with Gasteiger partial charge in [-0.25, -0.2) is 18.4 Å². The number of benzene rings is 2. The van der Waals surface area contributed by atoms with E-state index in [1.807, 2.05) is 11.9 Å². The number of hydrogen-bond acceptors (Lipinski definition) is 5. The second-order valence-corrected chi connectivity index (χ2v) is 8.01. The van der Waals surface area contributed by atoms with Crippen LogP contribution in [0.4, 0.5) is 5.82 Å². The minimum atomic E-state index is -3.27. The van der Waals surface area contributed by atoms with Gasteiger partial charge >= 0.3 is 0 Å². The number of sulfone groups is 1. The molecule has 124 valence electrons. The van der Waals surface area contributed by atoms with Crippen LogP contribution < -0.4 is 4.90 Å². The zero-order valence-electron chi connectivity index (χ0n) is 13.9. The average Bonchev–Trinajstić information content (AvgIpc) is 2.55. The fourth-order valence-electron chi connectivity index (χ4n) is 2.60. The second-order valence-electron chi connectivity index (χ2n) is 5.99. The number of nitrogens with zero attached hydrogens (tertiary/aromatic N) is 3. The van der Waals surface area contributed by atoms with Gasteiger partial charge < -0.3 is 4.90 Å². The van der Waals surface area contributed by atoms with Gasteiger partial charge in [0, 0.05) is 25.2 Å². The third-order valence-corrected chi connectivity index (χ3v) is 5.03. The van der Waals surface area contributed by atoms with E-state index in [0.717, 1.165) is 16.5 Å². The molecule has 0 fully saturated rings. The highest BCUT2D eigenvalue weighted by atomic mass is 32.2. The van der Waals surface area contributed by atoms with Gasteiger partial charge in [-0.05, 0) is 30.7 Å². The highest BCUT2D eigenvalue weighted by molar-refractivity contribution is 7.90. The maximum atomic E-state index is 11.8. The Morgan fingerprint density at radius 1 is 1.04 bits per heavy atom. The summed E-state index contributed by atoms with van der Waals surface area (Å²) in [5, 5.41) is 0.732. The van der Waals surface area contributed by atoms with Crippen molar-refractivity contribution in [3.8, 4) is 0 Å². The summed E-state index contributed by atoms with van der Waals surface area (Å²) in [6.07, 6.45) is 2.71. The molecule has 0 saturated heterocycles. The van der Waals surface area contributed by atoms with E-state index in [0.29, 0.717) is 12.4 Å². The average molecular weight is 341 g/mol. The van der Waals surface area contributed by atoms with Gasteiger partial charge in [-0.3, -0.25) is 0 Å². The zero-order chi connectivity index (χ0) is 17.3. The van der Waals surface area contributed by atoms with E-state index in [4.69, 9.17) is 0 Å². The van der Waals surface area contributed by atoms with Gasteiger partial charge in [0.15, 0.2) is 9.84 Å². The fourth-order valence-corrected chi connectivity index (χ4v) is 3.25. The van der Waals surface area contributed by atoms with E-state index < -0.39 is 9.84 Å². The summed E-state index contributed by atoms with van der Waals surface area (Å²) < 4.78 is 23.7. The molecule has 0 unspecified atom stereocenters. The highest BCUT2D eigenvalue weighted by Gasteiger charge is 2.13. The SMILES string of the molecule is Cc1ccc(CN(C)c2ncnc3ccc(S(C)(=O)=O)cc23)cc1. The van der Waals surface area contributed by atoms with Gasteiger partial charge in [-0.2, -0.15) is 0 Å². The van der Waals surface area contributed by atoms with Crippen molar-refractivity contribution in [2.24, 2.45) is 0 Å². The molecule has 0 radical (unpaired) electrons. The van der Waals surface area contributed by atoms with Gasteiger partial charge in [0.1, 0.15) is 12.1 Å². The first kappa shape index (κ1) is 16.4. The maximum Gasteiger partial charge on any atom is 0.175 e. The Morgan fingerprint density at radius 3 is 2.42 bits per heavy atom. The summed E-state index contributed by atoms with van der Waals surface area (Å²) >= 11 is 0. The standard InChI is InChI=1S/C18H19N3O2S/c1-13-4-6-14(7-5-13)11-21(2)18-16-10-15(24(3,22)23)8-9-17(16)19-12-20-18/h4-10,12H,11H2,1-3H3. The van der Waals surface area contributed by atoms with E-state index in [2.05, 4.69) is 41.2 Å².